The number of hydrogen-bond acceptors (Lipinski definition) is 5. The van der Waals surface area contributed by atoms with Gasteiger partial charge in [0, 0.05) is 0 Å². The molecule has 134 valence electrons. The van der Waals surface area contributed by atoms with Crippen LogP contribution >= 0.6 is 34.8 Å². The summed E-state index contributed by atoms with van der Waals surface area (Å²) in [7, 11) is 0. The Morgan fingerprint density at radius 3 is 2.32 bits per heavy atom. The van der Waals surface area contributed by atoms with Gasteiger partial charge in [0.1, 0.15) is 42.4 Å². The van der Waals surface area contributed by atoms with Crippen molar-refractivity contribution >= 4 is 40.8 Å². The molecule has 0 radical (unpaired) electrons. The lowest BCUT2D eigenvalue weighted by atomic mass is 10.1. The number of halogens is 2. The SMILES string of the molecule is O=C(OC[C@@H](NCOI)c1ccccc1)[C@H](Cc1ccccc1)NCl. The van der Waals surface area contributed by atoms with Gasteiger partial charge in [0.25, 0.3) is 0 Å². The lowest BCUT2D eigenvalue weighted by Gasteiger charge is -2.20. The Labute approximate surface area is 166 Å². The second kappa shape index (κ2) is 11.4. The molecule has 0 bridgehead atoms. The van der Waals surface area contributed by atoms with Crippen LogP contribution in [0.4, 0.5) is 0 Å². The minimum absolute atomic E-state index is 0.160. The molecule has 2 aromatic rings. The van der Waals surface area contributed by atoms with E-state index in [-0.39, 0.29) is 12.6 Å². The van der Waals surface area contributed by atoms with Crippen LogP contribution in [0.25, 0.3) is 0 Å². The van der Waals surface area contributed by atoms with Gasteiger partial charge in [-0.25, -0.2) is 4.84 Å². The molecule has 25 heavy (non-hydrogen) atoms. The minimum Gasteiger partial charge on any atom is -0.462 e. The van der Waals surface area contributed by atoms with Gasteiger partial charge in [-0.2, -0.15) is 0 Å². The van der Waals surface area contributed by atoms with Crippen molar-refractivity contribution in [2.24, 2.45) is 0 Å². The molecular weight excluding hydrogens is 455 g/mol. The average Bonchev–Trinajstić information content (AvgIpc) is 2.67. The van der Waals surface area contributed by atoms with Crippen LogP contribution in [0.1, 0.15) is 17.2 Å². The van der Waals surface area contributed by atoms with E-state index in [1.165, 1.54) is 0 Å². The molecular formula is C18H20ClIN2O3. The molecule has 2 aromatic carbocycles. The van der Waals surface area contributed by atoms with Crippen molar-refractivity contribution in [2.45, 2.75) is 18.5 Å². The van der Waals surface area contributed by atoms with Gasteiger partial charge in [-0.3, -0.25) is 10.1 Å². The van der Waals surface area contributed by atoms with Gasteiger partial charge >= 0.3 is 5.97 Å². The van der Waals surface area contributed by atoms with Crippen molar-refractivity contribution < 1.29 is 12.6 Å². The molecule has 0 unspecified atom stereocenters. The van der Waals surface area contributed by atoms with E-state index in [2.05, 4.69) is 10.2 Å². The maximum absolute atomic E-state index is 12.4. The molecule has 7 heteroatoms. The van der Waals surface area contributed by atoms with Crippen LogP contribution in [0, 0.1) is 0 Å². The fourth-order valence-corrected chi connectivity index (χ4v) is 2.72. The first-order valence-corrected chi connectivity index (χ1v) is 9.09. The molecule has 2 atom stereocenters. The molecule has 0 aliphatic carbocycles. The summed E-state index contributed by atoms with van der Waals surface area (Å²) < 4.78 is 10.5. The Morgan fingerprint density at radius 1 is 1.08 bits per heavy atom. The molecule has 0 heterocycles. The summed E-state index contributed by atoms with van der Waals surface area (Å²) in [6.45, 7) is 0.533. The Kier molecular flexibility index (Phi) is 9.20. The normalized spacial score (nSPS) is 13.2. The third-order valence-corrected chi connectivity index (χ3v) is 4.25. The molecule has 5 nitrogen and oxygen atoms in total. The van der Waals surface area contributed by atoms with Crippen LogP contribution in [0.15, 0.2) is 60.7 Å². The predicted octanol–water partition coefficient (Wildman–Crippen LogP) is 3.54. The monoisotopic (exact) mass is 474 g/mol. The van der Waals surface area contributed by atoms with Gasteiger partial charge in [0.2, 0.25) is 0 Å². The molecule has 0 amide bonds. The lowest BCUT2D eigenvalue weighted by Crippen LogP contribution is -2.37. The first-order chi connectivity index (χ1) is 12.2. The smallest absolute Gasteiger partial charge is 0.324 e. The molecule has 2 N–H and O–H groups in total. The van der Waals surface area contributed by atoms with Crippen LogP contribution < -0.4 is 10.2 Å². The number of hydrogen-bond donors (Lipinski definition) is 2. The fourth-order valence-electron chi connectivity index (χ4n) is 2.37. The second-order valence-corrected chi connectivity index (χ2v) is 6.24. The number of carbonyl (C=O) groups excluding carboxylic acids is 1. The van der Waals surface area contributed by atoms with Crippen LogP contribution in [0.2, 0.25) is 0 Å². The van der Waals surface area contributed by atoms with Crippen LogP contribution in [-0.4, -0.2) is 25.3 Å². The number of carbonyl (C=O) groups is 1. The number of ether oxygens (including phenoxy) is 1. The Hall–Kier alpha value is -1.19. The maximum atomic E-state index is 12.4. The summed E-state index contributed by atoms with van der Waals surface area (Å²) in [5.41, 5.74) is 2.02. The summed E-state index contributed by atoms with van der Waals surface area (Å²) in [5, 5.41) is 3.19. The quantitative estimate of drug-likeness (QED) is 0.239. The molecule has 2 rings (SSSR count). The third kappa shape index (κ3) is 6.91. The standard InChI is InChI=1S/C18H20ClIN2O3/c19-22-16(11-14-7-3-1-4-8-14)18(23)24-12-17(21-13-25-20)15-9-5-2-6-10-15/h1-10,16-17,21-22H,11-13H2/t16-,17+/m0/s1. The Balaban J connectivity index is 1.94. The van der Waals surface area contributed by atoms with Gasteiger partial charge in [-0.05, 0) is 29.3 Å². The van der Waals surface area contributed by atoms with Crippen LogP contribution in [-0.2, 0) is 19.0 Å². The summed E-state index contributed by atoms with van der Waals surface area (Å²) in [4.78, 5) is 14.9. The Morgan fingerprint density at radius 2 is 1.72 bits per heavy atom. The van der Waals surface area contributed by atoms with Gasteiger partial charge in [0.05, 0.1) is 6.04 Å². The highest BCUT2D eigenvalue weighted by molar-refractivity contribution is 14.1. The third-order valence-electron chi connectivity index (χ3n) is 3.68. The van der Waals surface area contributed by atoms with E-state index in [4.69, 9.17) is 19.6 Å². The Bertz CT molecular complexity index is 631. The average molecular weight is 475 g/mol. The highest BCUT2D eigenvalue weighted by Gasteiger charge is 2.21. The number of rotatable bonds is 10. The summed E-state index contributed by atoms with van der Waals surface area (Å²) in [6.07, 6.45) is 0.462. The van der Waals surface area contributed by atoms with Crippen molar-refractivity contribution in [2.75, 3.05) is 13.3 Å². The van der Waals surface area contributed by atoms with E-state index >= 15 is 0 Å². The van der Waals surface area contributed by atoms with E-state index in [1.54, 1.807) is 0 Å². The predicted molar refractivity (Wildman–Crippen MR) is 106 cm³/mol. The van der Waals surface area contributed by atoms with E-state index in [1.807, 2.05) is 83.7 Å². The number of nitrogens with one attached hydrogen (secondary N) is 2. The fraction of sp³-hybridized carbons (Fsp3) is 0.278. The molecule has 0 aromatic heterocycles. The van der Waals surface area contributed by atoms with E-state index in [0.29, 0.717) is 13.2 Å². The lowest BCUT2D eigenvalue weighted by molar-refractivity contribution is -0.146. The highest BCUT2D eigenvalue weighted by atomic mass is 127. The second-order valence-electron chi connectivity index (χ2n) is 5.40. The first-order valence-electron chi connectivity index (χ1n) is 7.83. The number of benzene rings is 2. The topological polar surface area (TPSA) is 59.6 Å². The maximum Gasteiger partial charge on any atom is 0.324 e. The van der Waals surface area contributed by atoms with Gasteiger partial charge in [0.15, 0.2) is 0 Å². The molecule has 0 saturated heterocycles. The van der Waals surface area contributed by atoms with Gasteiger partial charge in [-0.15, -0.1) is 0 Å². The summed E-state index contributed by atoms with van der Waals surface area (Å²) in [5.74, 6) is -0.392. The van der Waals surface area contributed by atoms with Gasteiger partial charge < -0.3 is 7.80 Å². The zero-order valence-corrected chi connectivity index (χ0v) is 16.4. The molecule has 0 fully saturated rings. The summed E-state index contributed by atoms with van der Waals surface area (Å²) >= 11 is 7.55. The molecule has 0 aliphatic rings. The van der Waals surface area contributed by atoms with Crippen molar-refractivity contribution in [3.63, 3.8) is 0 Å². The van der Waals surface area contributed by atoms with Crippen LogP contribution in [0.3, 0.4) is 0 Å². The zero-order chi connectivity index (χ0) is 17.9. The van der Waals surface area contributed by atoms with E-state index in [9.17, 15) is 4.79 Å². The molecule has 0 aliphatic heterocycles. The zero-order valence-electron chi connectivity index (χ0n) is 13.5. The summed E-state index contributed by atoms with van der Waals surface area (Å²) in [6, 6.07) is 18.7. The first kappa shape index (κ1) is 20.1. The number of esters is 1. The van der Waals surface area contributed by atoms with Crippen molar-refractivity contribution in [1.82, 2.24) is 10.2 Å². The van der Waals surface area contributed by atoms with Crippen molar-refractivity contribution in [1.29, 1.82) is 0 Å². The van der Waals surface area contributed by atoms with Gasteiger partial charge in [-0.1, -0.05) is 60.7 Å². The van der Waals surface area contributed by atoms with E-state index < -0.39 is 12.0 Å². The highest BCUT2D eigenvalue weighted by Crippen LogP contribution is 2.14. The van der Waals surface area contributed by atoms with E-state index in [0.717, 1.165) is 11.1 Å². The van der Waals surface area contributed by atoms with Crippen molar-refractivity contribution in [3.05, 3.63) is 71.8 Å². The molecule has 0 spiro atoms. The minimum atomic E-state index is -0.610. The van der Waals surface area contributed by atoms with Crippen LogP contribution in [0.5, 0.6) is 0 Å². The van der Waals surface area contributed by atoms with Crippen molar-refractivity contribution in [3.8, 4) is 0 Å². The molecule has 0 saturated carbocycles. The largest absolute Gasteiger partial charge is 0.462 e.